The average Bonchev–Trinajstić information content (AvgIpc) is 3.86. The molecule has 0 atom stereocenters. The van der Waals surface area contributed by atoms with Crippen LogP contribution in [0.3, 0.4) is 0 Å². The molecule has 53 heavy (non-hydrogen) atoms. The Morgan fingerprint density at radius 3 is 1.21 bits per heavy atom. The summed E-state index contributed by atoms with van der Waals surface area (Å²) in [6, 6.07) is 67.2. The molecule has 0 unspecified atom stereocenters. The first-order valence-corrected chi connectivity index (χ1v) is 17.9. The van der Waals surface area contributed by atoms with E-state index in [9.17, 15) is 5.26 Å². The van der Waals surface area contributed by atoms with Gasteiger partial charge in [-0.2, -0.15) is 5.26 Å². The van der Waals surface area contributed by atoms with E-state index in [0.29, 0.717) is 5.56 Å². The molecular weight excluding hydrogens is 645 g/mol. The minimum atomic E-state index is 0.635. The van der Waals surface area contributed by atoms with Crippen molar-refractivity contribution in [2.24, 2.45) is 0 Å². The number of para-hydroxylation sites is 4. The van der Waals surface area contributed by atoms with E-state index in [2.05, 4.69) is 184 Å². The van der Waals surface area contributed by atoms with Crippen LogP contribution in [0.15, 0.2) is 182 Å². The normalized spacial score (nSPS) is 11.8. The summed E-state index contributed by atoms with van der Waals surface area (Å²) in [4.78, 5) is 0. The SMILES string of the molecule is N#Cc1ccc(-n2c3ccc(-n4c5ccccc5c5ccccc54)cc3c3cc(-n4c5ccccc5c5ccccc54)ccc32)c(-c2ccccc2)c1. The largest absolute Gasteiger partial charge is 0.309 e. The van der Waals surface area contributed by atoms with Crippen LogP contribution in [0, 0.1) is 11.3 Å². The average molecular weight is 675 g/mol. The van der Waals surface area contributed by atoms with Crippen molar-refractivity contribution in [2.75, 3.05) is 0 Å². The van der Waals surface area contributed by atoms with Gasteiger partial charge in [-0.05, 0) is 84.4 Å². The molecule has 0 aliphatic carbocycles. The topological polar surface area (TPSA) is 38.6 Å². The van der Waals surface area contributed by atoms with Gasteiger partial charge in [0.1, 0.15) is 0 Å². The molecule has 0 fully saturated rings. The highest BCUT2D eigenvalue weighted by Gasteiger charge is 2.20. The second kappa shape index (κ2) is 11.3. The fraction of sp³-hybridized carbons (Fsp3) is 0. The van der Waals surface area contributed by atoms with Gasteiger partial charge in [-0.3, -0.25) is 0 Å². The molecule has 11 rings (SSSR count). The Balaban J connectivity index is 1.25. The van der Waals surface area contributed by atoms with Crippen LogP contribution < -0.4 is 0 Å². The number of aromatic nitrogens is 3. The highest BCUT2D eigenvalue weighted by molar-refractivity contribution is 6.14. The molecule has 246 valence electrons. The maximum absolute atomic E-state index is 9.96. The number of fused-ring (bicyclic) bond motifs is 9. The molecule has 0 spiro atoms. The van der Waals surface area contributed by atoms with Crippen LogP contribution in [-0.2, 0) is 0 Å². The lowest BCUT2D eigenvalue weighted by molar-refractivity contribution is 1.16. The zero-order valence-electron chi connectivity index (χ0n) is 28.6. The lowest BCUT2D eigenvalue weighted by Gasteiger charge is -2.15. The van der Waals surface area contributed by atoms with Crippen molar-refractivity contribution in [3.05, 3.63) is 188 Å². The third-order valence-electron chi connectivity index (χ3n) is 10.9. The van der Waals surface area contributed by atoms with Crippen molar-refractivity contribution < 1.29 is 0 Å². The Labute approximate surface area is 305 Å². The van der Waals surface area contributed by atoms with E-state index in [4.69, 9.17) is 0 Å². The molecule has 0 aliphatic heterocycles. The lowest BCUT2D eigenvalue weighted by Crippen LogP contribution is -1.99. The van der Waals surface area contributed by atoms with E-state index in [-0.39, 0.29) is 0 Å². The maximum atomic E-state index is 9.96. The van der Waals surface area contributed by atoms with E-state index in [1.807, 2.05) is 18.2 Å². The summed E-state index contributed by atoms with van der Waals surface area (Å²) in [6.07, 6.45) is 0. The fourth-order valence-corrected chi connectivity index (χ4v) is 8.59. The molecule has 8 aromatic carbocycles. The van der Waals surface area contributed by atoms with E-state index >= 15 is 0 Å². The van der Waals surface area contributed by atoms with Crippen molar-refractivity contribution in [1.29, 1.82) is 5.26 Å². The zero-order chi connectivity index (χ0) is 35.0. The molecule has 11 aromatic rings. The highest BCUT2D eigenvalue weighted by Crippen LogP contribution is 2.41. The van der Waals surface area contributed by atoms with Gasteiger partial charge in [0.05, 0.1) is 50.4 Å². The Morgan fingerprint density at radius 1 is 0.340 bits per heavy atom. The predicted molar refractivity (Wildman–Crippen MR) is 220 cm³/mol. The number of benzene rings is 8. The van der Waals surface area contributed by atoms with E-state index in [1.54, 1.807) is 0 Å². The number of hydrogen-bond acceptors (Lipinski definition) is 1. The molecule has 0 saturated heterocycles. The molecule has 0 amide bonds. The number of hydrogen-bond donors (Lipinski definition) is 0. The van der Waals surface area contributed by atoms with Gasteiger partial charge in [0.2, 0.25) is 0 Å². The number of nitriles is 1. The third kappa shape index (κ3) is 4.29. The first kappa shape index (κ1) is 29.4. The highest BCUT2D eigenvalue weighted by atomic mass is 15.0. The monoisotopic (exact) mass is 674 g/mol. The van der Waals surface area contributed by atoms with E-state index in [1.165, 1.54) is 43.6 Å². The molecule has 4 heteroatoms. The van der Waals surface area contributed by atoms with Crippen LogP contribution in [0.1, 0.15) is 5.56 Å². The smallest absolute Gasteiger partial charge is 0.0991 e. The Morgan fingerprint density at radius 2 is 0.755 bits per heavy atom. The maximum Gasteiger partial charge on any atom is 0.0991 e. The molecule has 0 radical (unpaired) electrons. The molecular formula is C49H30N4. The summed E-state index contributed by atoms with van der Waals surface area (Å²) in [5, 5.41) is 17.2. The minimum absolute atomic E-state index is 0.635. The standard InChI is InChI=1S/C49H30N4/c50-31-32-22-25-47(40(28-32)33-12-2-1-3-13-33)53-48-26-23-34(51-43-18-8-4-14-36(43)37-15-5-9-19-44(37)51)29-41(48)42-30-35(24-27-49(42)53)52-45-20-10-6-16-38(45)39-17-7-11-21-46(39)52/h1-30H. The fourth-order valence-electron chi connectivity index (χ4n) is 8.59. The number of rotatable bonds is 4. The van der Waals surface area contributed by atoms with Crippen LogP contribution in [-0.4, -0.2) is 13.7 Å². The minimum Gasteiger partial charge on any atom is -0.309 e. The summed E-state index contributed by atoms with van der Waals surface area (Å²) < 4.78 is 7.15. The van der Waals surface area contributed by atoms with Gasteiger partial charge in [0, 0.05) is 49.3 Å². The summed E-state index contributed by atoms with van der Waals surface area (Å²) in [6.45, 7) is 0. The molecule has 0 saturated carbocycles. The van der Waals surface area contributed by atoms with Crippen LogP contribution >= 0.6 is 0 Å². The van der Waals surface area contributed by atoms with Gasteiger partial charge in [-0.15, -0.1) is 0 Å². The summed E-state index contributed by atoms with van der Waals surface area (Å²) in [5.74, 6) is 0. The van der Waals surface area contributed by atoms with Crippen LogP contribution in [0.25, 0.3) is 93.6 Å². The third-order valence-corrected chi connectivity index (χ3v) is 10.9. The van der Waals surface area contributed by atoms with E-state index < -0.39 is 0 Å². The second-order valence-electron chi connectivity index (χ2n) is 13.7. The molecule has 0 bridgehead atoms. The molecule has 3 heterocycles. The van der Waals surface area contributed by atoms with Gasteiger partial charge in [0.15, 0.2) is 0 Å². The molecule has 4 nitrogen and oxygen atoms in total. The van der Waals surface area contributed by atoms with Crippen molar-refractivity contribution in [2.45, 2.75) is 0 Å². The van der Waals surface area contributed by atoms with Gasteiger partial charge < -0.3 is 13.7 Å². The van der Waals surface area contributed by atoms with Gasteiger partial charge in [0.25, 0.3) is 0 Å². The van der Waals surface area contributed by atoms with Gasteiger partial charge in [-0.25, -0.2) is 0 Å². The summed E-state index contributed by atoms with van der Waals surface area (Å²) in [5.41, 5.74) is 12.9. The van der Waals surface area contributed by atoms with Crippen LogP contribution in [0.5, 0.6) is 0 Å². The van der Waals surface area contributed by atoms with Crippen molar-refractivity contribution >= 4 is 65.4 Å². The van der Waals surface area contributed by atoms with Gasteiger partial charge in [-0.1, -0.05) is 103 Å². The second-order valence-corrected chi connectivity index (χ2v) is 13.7. The van der Waals surface area contributed by atoms with Crippen LogP contribution in [0.2, 0.25) is 0 Å². The summed E-state index contributed by atoms with van der Waals surface area (Å²) >= 11 is 0. The Kier molecular flexibility index (Phi) is 6.28. The quantitative estimate of drug-likeness (QED) is 0.183. The van der Waals surface area contributed by atoms with Crippen molar-refractivity contribution in [3.63, 3.8) is 0 Å². The first-order chi connectivity index (χ1) is 26.3. The van der Waals surface area contributed by atoms with Crippen molar-refractivity contribution in [1.82, 2.24) is 13.7 Å². The van der Waals surface area contributed by atoms with Gasteiger partial charge >= 0.3 is 0 Å². The summed E-state index contributed by atoms with van der Waals surface area (Å²) in [7, 11) is 0. The molecule has 0 aliphatic rings. The zero-order valence-corrected chi connectivity index (χ0v) is 28.6. The Bertz CT molecular complexity index is 3020. The lowest BCUT2D eigenvalue weighted by atomic mass is 10.0. The molecule has 0 N–H and O–H groups in total. The Hall–Kier alpha value is -7.35. The number of nitrogens with zero attached hydrogens (tertiary/aromatic N) is 4. The molecule has 3 aromatic heterocycles. The predicted octanol–water partition coefficient (Wildman–Crippen LogP) is 12.5. The van der Waals surface area contributed by atoms with Crippen molar-refractivity contribution in [3.8, 4) is 34.3 Å². The van der Waals surface area contributed by atoms with E-state index in [0.717, 1.165) is 50.0 Å². The first-order valence-electron chi connectivity index (χ1n) is 17.9. The van der Waals surface area contributed by atoms with Crippen LogP contribution in [0.4, 0.5) is 0 Å².